The summed E-state index contributed by atoms with van der Waals surface area (Å²) in [5.41, 5.74) is 5.64. The van der Waals surface area contributed by atoms with E-state index in [-0.39, 0.29) is 0 Å². The Hall–Kier alpha value is -0.120. The van der Waals surface area contributed by atoms with Crippen molar-refractivity contribution in [3.05, 3.63) is 0 Å². The van der Waals surface area contributed by atoms with Gasteiger partial charge in [-0.2, -0.15) is 0 Å². The molecule has 84 valence electrons. The molecule has 1 heterocycles. The molecule has 0 aromatic carbocycles. The van der Waals surface area contributed by atoms with Crippen molar-refractivity contribution in [2.75, 3.05) is 32.8 Å². The third-order valence-electron chi connectivity index (χ3n) is 2.77. The van der Waals surface area contributed by atoms with Crippen molar-refractivity contribution in [2.24, 2.45) is 11.7 Å². The first-order chi connectivity index (χ1) is 6.72. The lowest BCUT2D eigenvalue weighted by Gasteiger charge is -2.16. The number of hydrogen-bond donors (Lipinski definition) is 1. The second-order valence-corrected chi connectivity index (χ2v) is 4.46. The summed E-state index contributed by atoms with van der Waals surface area (Å²) < 4.78 is 5.50. The fourth-order valence-electron chi connectivity index (χ4n) is 1.92. The fourth-order valence-corrected chi connectivity index (χ4v) is 1.92. The molecule has 0 spiro atoms. The lowest BCUT2D eigenvalue weighted by molar-refractivity contribution is 0.0718. The van der Waals surface area contributed by atoms with Crippen molar-refractivity contribution in [3.63, 3.8) is 0 Å². The van der Waals surface area contributed by atoms with Gasteiger partial charge in [-0.15, -0.1) is 0 Å². The van der Waals surface area contributed by atoms with Crippen molar-refractivity contribution < 1.29 is 4.74 Å². The number of rotatable bonds is 6. The first-order valence-electron chi connectivity index (χ1n) is 5.76. The molecule has 1 fully saturated rings. The summed E-state index contributed by atoms with van der Waals surface area (Å²) >= 11 is 0. The van der Waals surface area contributed by atoms with Gasteiger partial charge in [0, 0.05) is 19.7 Å². The van der Waals surface area contributed by atoms with Gasteiger partial charge in [-0.1, -0.05) is 0 Å². The van der Waals surface area contributed by atoms with Crippen LogP contribution in [0.2, 0.25) is 0 Å². The maximum Gasteiger partial charge on any atom is 0.0518 e. The van der Waals surface area contributed by atoms with E-state index in [1.54, 1.807) is 0 Å². The van der Waals surface area contributed by atoms with Gasteiger partial charge in [0.15, 0.2) is 0 Å². The molecule has 0 saturated carbocycles. The molecule has 14 heavy (non-hydrogen) atoms. The Balaban J connectivity index is 1.97. The van der Waals surface area contributed by atoms with E-state index < -0.39 is 0 Å². The Kier molecular flexibility index (Phi) is 5.45. The number of nitrogens with two attached hydrogens (primary N) is 1. The van der Waals surface area contributed by atoms with Gasteiger partial charge < -0.3 is 15.4 Å². The zero-order chi connectivity index (χ0) is 10.4. The van der Waals surface area contributed by atoms with E-state index in [1.807, 2.05) is 0 Å². The highest BCUT2D eigenvalue weighted by molar-refractivity contribution is 4.75. The largest absolute Gasteiger partial charge is 0.379 e. The van der Waals surface area contributed by atoms with Gasteiger partial charge in [0.1, 0.15) is 0 Å². The molecule has 3 nitrogen and oxygen atoms in total. The summed E-state index contributed by atoms with van der Waals surface area (Å²) in [6, 6.07) is 0. The summed E-state index contributed by atoms with van der Waals surface area (Å²) in [4.78, 5) is 2.50. The second-order valence-electron chi connectivity index (χ2n) is 4.46. The number of ether oxygens (including phenoxy) is 1. The molecule has 2 N–H and O–H groups in total. The molecule has 0 amide bonds. The highest BCUT2D eigenvalue weighted by Crippen LogP contribution is 2.14. The van der Waals surface area contributed by atoms with Crippen molar-refractivity contribution in [1.29, 1.82) is 0 Å². The lowest BCUT2D eigenvalue weighted by atomic mass is 10.1. The van der Waals surface area contributed by atoms with E-state index in [1.165, 1.54) is 26.1 Å². The minimum Gasteiger partial charge on any atom is -0.379 e. The van der Waals surface area contributed by atoms with Crippen LogP contribution in [0.3, 0.4) is 0 Å². The van der Waals surface area contributed by atoms with E-state index in [0.29, 0.717) is 6.10 Å². The SMILES string of the molecule is CC(C)OCCCN1CCC(CN)C1. The molecule has 1 aliphatic heterocycles. The first-order valence-corrected chi connectivity index (χ1v) is 5.76. The zero-order valence-corrected chi connectivity index (χ0v) is 9.54. The predicted molar refractivity (Wildman–Crippen MR) is 59.3 cm³/mol. The Morgan fingerprint density at radius 1 is 1.50 bits per heavy atom. The second kappa shape index (κ2) is 6.38. The molecule has 1 atom stereocenters. The normalized spacial score (nSPS) is 23.6. The zero-order valence-electron chi connectivity index (χ0n) is 9.54. The molecule has 0 aliphatic carbocycles. The molecular formula is C11H24N2O. The summed E-state index contributed by atoms with van der Waals surface area (Å²) in [6.45, 7) is 9.49. The third-order valence-corrected chi connectivity index (χ3v) is 2.77. The topological polar surface area (TPSA) is 38.5 Å². The highest BCUT2D eigenvalue weighted by atomic mass is 16.5. The predicted octanol–water partition coefficient (Wildman–Crippen LogP) is 1.08. The van der Waals surface area contributed by atoms with Crippen molar-refractivity contribution in [1.82, 2.24) is 4.90 Å². The van der Waals surface area contributed by atoms with Crippen molar-refractivity contribution >= 4 is 0 Å². The van der Waals surface area contributed by atoms with Gasteiger partial charge in [0.05, 0.1) is 6.10 Å². The van der Waals surface area contributed by atoms with Gasteiger partial charge in [0.2, 0.25) is 0 Å². The van der Waals surface area contributed by atoms with Crippen LogP contribution in [-0.2, 0) is 4.74 Å². The maximum absolute atomic E-state index is 5.64. The van der Waals surface area contributed by atoms with E-state index in [0.717, 1.165) is 25.5 Å². The monoisotopic (exact) mass is 200 g/mol. The Labute approximate surface area is 87.6 Å². The average molecular weight is 200 g/mol. The summed E-state index contributed by atoms with van der Waals surface area (Å²) in [5.74, 6) is 0.737. The molecule has 1 unspecified atom stereocenters. The highest BCUT2D eigenvalue weighted by Gasteiger charge is 2.20. The quantitative estimate of drug-likeness (QED) is 0.652. The Morgan fingerprint density at radius 3 is 2.86 bits per heavy atom. The van der Waals surface area contributed by atoms with Crippen LogP contribution >= 0.6 is 0 Å². The molecule has 3 heteroatoms. The average Bonchev–Trinajstić information content (AvgIpc) is 2.60. The van der Waals surface area contributed by atoms with Gasteiger partial charge in [-0.25, -0.2) is 0 Å². The summed E-state index contributed by atoms with van der Waals surface area (Å²) in [7, 11) is 0. The van der Waals surface area contributed by atoms with Crippen LogP contribution in [0.1, 0.15) is 26.7 Å². The van der Waals surface area contributed by atoms with Crippen LogP contribution in [0.25, 0.3) is 0 Å². The van der Waals surface area contributed by atoms with Crippen LogP contribution in [-0.4, -0.2) is 43.8 Å². The first kappa shape index (κ1) is 12.0. The summed E-state index contributed by atoms with van der Waals surface area (Å²) in [5, 5.41) is 0. The molecule has 1 aliphatic rings. The van der Waals surface area contributed by atoms with E-state index >= 15 is 0 Å². The van der Waals surface area contributed by atoms with Crippen LogP contribution in [0.5, 0.6) is 0 Å². The number of hydrogen-bond acceptors (Lipinski definition) is 3. The lowest BCUT2D eigenvalue weighted by Crippen LogP contribution is -2.25. The Bertz CT molecular complexity index is 150. The van der Waals surface area contributed by atoms with Crippen molar-refractivity contribution in [3.8, 4) is 0 Å². The minimum absolute atomic E-state index is 0.366. The van der Waals surface area contributed by atoms with Gasteiger partial charge in [-0.3, -0.25) is 0 Å². The molecule has 0 aromatic heterocycles. The van der Waals surface area contributed by atoms with Gasteiger partial charge in [0.25, 0.3) is 0 Å². The van der Waals surface area contributed by atoms with Crippen LogP contribution in [0.15, 0.2) is 0 Å². The standard InChI is InChI=1S/C11H24N2O/c1-10(2)14-7-3-5-13-6-4-11(8-12)9-13/h10-11H,3-9,12H2,1-2H3. The molecule has 1 saturated heterocycles. The smallest absolute Gasteiger partial charge is 0.0518 e. The fraction of sp³-hybridized carbons (Fsp3) is 1.00. The third kappa shape index (κ3) is 4.40. The molecule has 1 rings (SSSR count). The van der Waals surface area contributed by atoms with Crippen LogP contribution in [0.4, 0.5) is 0 Å². The Morgan fingerprint density at radius 2 is 2.29 bits per heavy atom. The summed E-state index contributed by atoms with van der Waals surface area (Å²) in [6.07, 6.45) is 2.79. The molecule has 0 radical (unpaired) electrons. The van der Waals surface area contributed by atoms with E-state index in [2.05, 4.69) is 18.7 Å². The maximum atomic E-state index is 5.64. The molecule has 0 aromatic rings. The van der Waals surface area contributed by atoms with Crippen LogP contribution < -0.4 is 5.73 Å². The van der Waals surface area contributed by atoms with E-state index in [9.17, 15) is 0 Å². The van der Waals surface area contributed by atoms with Crippen LogP contribution in [0, 0.1) is 5.92 Å². The van der Waals surface area contributed by atoms with Crippen molar-refractivity contribution in [2.45, 2.75) is 32.8 Å². The number of nitrogens with zero attached hydrogens (tertiary/aromatic N) is 1. The van der Waals surface area contributed by atoms with E-state index in [4.69, 9.17) is 10.5 Å². The minimum atomic E-state index is 0.366. The van der Waals surface area contributed by atoms with Gasteiger partial charge >= 0.3 is 0 Å². The molecule has 0 bridgehead atoms. The number of likely N-dealkylation sites (tertiary alicyclic amines) is 1. The molecular weight excluding hydrogens is 176 g/mol. The van der Waals surface area contributed by atoms with Gasteiger partial charge in [-0.05, 0) is 45.7 Å².